The summed E-state index contributed by atoms with van der Waals surface area (Å²) in [5.41, 5.74) is 1.78. The fourth-order valence-corrected chi connectivity index (χ4v) is 3.46. The van der Waals surface area contributed by atoms with Crippen molar-refractivity contribution < 1.29 is 9.59 Å². The summed E-state index contributed by atoms with van der Waals surface area (Å²) in [5.74, 6) is -0.262. The van der Waals surface area contributed by atoms with Gasteiger partial charge in [0, 0.05) is 10.6 Å². The zero-order chi connectivity index (χ0) is 16.9. The Morgan fingerprint density at radius 2 is 1.79 bits per heavy atom. The average molecular weight is 356 g/mol. The number of nitrogens with zero attached hydrogens (tertiary/aromatic N) is 1. The highest BCUT2D eigenvalue weighted by molar-refractivity contribution is 8.18. The van der Waals surface area contributed by atoms with E-state index in [9.17, 15) is 9.59 Å². The Kier molecular flexibility index (Phi) is 5.27. The van der Waals surface area contributed by atoms with Crippen molar-refractivity contribution in [1.82, 2.24) is 4.90 Å². The molecule has 0 radical (unpaired) electrons. The number of hydrogen-bond acceptors (Lipinski definition) is 5. The summed E-state index contributed by atoms with van der Waals surface area (Å²) in [6, 6.07) is 17.4. The molecule has 0 saturated carbocycles. The topological polar surface area (TPSA) is 49.4 Å². The minimum absolute atomic E-state index is 0.164. The Balaban J connectivity index is 1.69. The molecule has 1 heterocycles. The molecule has 0 unspecified atom stereocenters. The molecule has 1 saturated heterocycles. The Hall–Kier alpha value is -2.18. The number of anilines is 1. The fourth-order valence-electron chi connectivity index (χ4n) is 2.21. The van der Waals surface area contributed by atoms with E-state index in [1.165, 1.54) is 4.90 Å². The van der Waals surface area contributed by atoms with Gasteiger partial charge in [0.05, 0.1) is 11.6 Å². The molecule has 1 N–H and O–H groups in total. The number of rotatable bonds is 5. The van der Waals surface area contributed by atoms with E-state index in [0.717, 1.165) is 27.9 Å². The number of hydrogen-bond donors (Lipinski definition) is 1. The summed E-state index contributed by atoms with van der Waals surface area (Å²) in [6.07, 6.45) is 3.78. The second-order valence-corrected chi connectivity index (χ2v) is 6.96. The maximum absolute atomic E-state index is 12.4. The van der Waals surface area contributed by atoms with Crippen molar-refractivity contribution in [3.05, 3.63) is 65.1 Å². The van der Waals surface area contributed by atoms with E-state index in [2.05, 4.69) is 5.32 Å². The van der Waals surface area contributed by atoms with Gasteiger partial charge in [-0.15, -0.1) is 11.8 Å². The van der Waals surface area contributed by atoms with Crippen molar-refractivity contribution in [2.45, 2.75) is 4.90 Å². The van der Waals surface area contributed by atoms with Crippen molar-refractivity contribution >= 4 is 46.4 Å². The first-order valence-corrected chi connectivity index (χ1v) is 9.40. The third kappa shape index (κ3) is 3.83. The van der Waals surface area contributed by atoms with Crippen LogP contribution in [0, 0.1) is 0 Å². The van der Waals surface area contributed by atoms with Crippen LogP contribution in [0.4, 0.5) is 10.5 Å². The lowest BCUT2D eigenvalue weighted by Crippen LogP contribution is -2.33. The van der Waals surface area contributed by atoms with Gasteiger partial charge in [-0.3, -0.25) is 14.5 Å². The second-order valence-electron chi connectivity index (χ2n) is 5.08. The number of amides is 2. The molecule has 2 amide bonds. The maximum Gasteiger partial charge on any atom is 0.295 e. The molecule has 0 aromatic heterocycles. The van der Waals surface area contributed by atoms with Gasteiger partial charge in [0.2, 0.25) is 0 Å². The van der Waals surface area contributed by atoms with Crippen molar-refractivity contribution in [3.63, 3.8) is 0 Å². The lowest BCUT2D eigenvalue weighted by atomic mass is 10.2. The van der Waals surface area contributed by atoms with Crippen LogP contribution in [0.25, 0.3) is 6.08 Å². The van der Waals surface area contributed by atoms with Crippen LogP contribution in [0.5, 0.6) is 0 Å². The van der Waals surface area contributed by atoms with Crippen molar-refractivity contribution in [2.24, 2.45) is 0 Å². The summed E-state index contributed by atoms with van der Waals surface area (Å²) in [6.45, 7) is 0.164. The largest absolute Gasteiger partial charge is 0.367 e. The van der Waals surface area contributed by atoms with Crippen LogP contribution in [0.2, 0.25) is 0 Å². The number of benzene rings is 2. The molecule has 24 heavy (non-hydrogen) atoms. The zero-order valence-corrected chi connectivity index (χ0v) is 14.7. The van der Waals surface area contributed by atoms with Crippen molar-refractivity contribution in [2.75, 3.05) is 18.2 Å². The Morgan fingerprint density at radius 3 is 2.46 bits per heavy atom. The first-order chi connectivity index (χ1) is 11.7. The minimum atomic E-state index is -0.262. The van der Waals surface area contributed by atoms with E-state index in [4.69, 9.17) is 0 Å². The Labute approximate surface area is 149 Å². The summed E-state index contributed by atoms with van der Waals surface area (Å²) in [5, 5.41) is 2.83. The molecule has 2 aromatic rings. The summed E-state index contributed by atoms with van der Waals surface area (Å²) >= 11 is 2.64. The van der Waals surface area contributed by atoms with Gasteiger partial charge >= 0.3 is 0 Å². The molecule has 2 aromatic carbocycles. The highest BCUT2D eigenvalue weighted by atomic mass is 32.2. The number of para-hydroxylation sites is 1. The molecule has 0 aliphatic carbocycles. The Bertz CT molecular complexity index is 773. The first kappa shape index (κ1) is 16.7. The lowest BCUT2D eigenvalue weighted by molar-refractivity contribution is -0.122. The summed E-state index contributed by atoms with van der Waals surface area (Å²) in [4.78, 5) is 27.4. The van der Waals surface area contributed by atoms with E-state index in [0.29, 0.717) is 4.91 Å². The molecule has 1 aliphatic rings. The van der Waals surface area contributed by atoms with Gasteiger partial charge in [-0.25, -0.2) is 0 Å². The van der Waals surface area contributed by atoms with Gasteiger partial charge in [-0.1, -0.05) is 30.3 Å². The van der Waals surface area contributed by atoms with E-state index in [1.807, 2.05) is 60.9 Å². The van der Waals surface area contributed by atoms with Crippen molar-refractivity contribution in [3.8, 4) is 0 Å². The van der Waals surface area contributed by atoms with E-state index < -0.39 is 0 Å². The smallest absolute Gasteiger partial charge is 0.295 e. The van der Waals surface area contributed by atoms with Crippen LogP contribution in [0.3, 0.4) is 0 Å². The molecular formula is C18H16N2O2S2. The number of carbonyl (C=O) groups is 2. The number of thioether (sulfide) groups is 2. The molecule has 6 heteroatoms. The minimum Gasteiger partial charge on any atom is -0.367 e. The van der Waals surface area contributed by atoms with Gasteiger partial charge in [0.15, 0.2) is 0 Å². The van der Waals surface area contributed by atoms with Gasteiger partial charge in [-0.2, -0.15) is 0 Å². The third-order valence-electron chi connectivity index (χ3n) is 3.50. The zero-order valence-electron chi connectivity index (χ0n) is 13.1. The highest BCUT2D eigenvalue weighted by Crippen LogP contribution is 2.32. The van der Waals surface area contributed by atoms with Gasteiger partial charge in [-0.05, 0) is 53.9 Å². The molecule has 0 spiro atoms. The lowest BCUT2D eigenvalue weighted by Gasteiger charge is -2.14. The van der Waals surface area contributed by atoms with E-state index in [1.54, 1.807) is 17.8 Å². The molecule has 4 nitrogen and oxygen atoms in total. The standard InChI is InChI=1S/C18H16N2O2S2/c1-23-15-9-7-13(8-10-15)11-16-17(21)20(18(22)24-16)12-19-14-5-3-2-4-6-14/h2-11,19H,12H2,1H3. The first-order valence-electron chi connectivity index (χ1n) is 7.36. The van der Waals surface area contributed by atoms with Crippen LogP contribution in [-0.4, -0.2) is 29.0 Å². The number of nitrogens with one attached hydrogen (secondary N) is 1. The predicted octanol–water partition coefficient (Wildman–Crippen LogP) is 4.51. The number of imide groups is 1. The van der Waals surface area contributed by atoms with Gasteiger partial charge < -0.3 is 5.32 Å². The third-order valence-corrected chi connectivity index (χ3v) is 5.15. The van der Waals surface area contributed by atoms with Crippen molar-refractivity contribution in [1.29, 1.82) is 0 Å². The molecule has 0 atom stereocenters. The van der Waals surface area contributed by atoms with Crippen LogP contribution in [0.1, 0.15) is 5.56 Å². The molecule has 3 rings (SSSR count). The van der Waals surface area contributed by atoms with Crippen LogP contribution in [-0.2, 0) is 4.79 Å². The molecular weight excluding hydrogens is 340 g/mol. The molecule has 1 fully saturated rings. The summed E-state index contributed by atoms with van der Waals surface area (Å²) in [7, 11) is 0. The second kappa shape index (κ2) is 7.59. The van der Waals surface area contributed by atoms with Crippen LogP contribution < -0.4 is 5.32 Å². The monoisotopic (exact) mass is 356 g/mol. The Morgan fingerprint density at radius 1 is 1.08 bits per heavy atom. The van der Waals surface area contributed by atoms with Crippen LogP contribution in [0.15, 0.2) is 64.4 Å². The van der Waals surface area contributed by atoms with E-state index >= 15 is 0 Å². The molecule has 122 valence electrons. The molecule has 1 aliphatic heterocycles. The normalized spacial score (nSPS) is 16.0. The predicted molar refractivity (Wildman–Crippen MR) is 101 cm³/mol. The average Bonchev–Trinajstić information content (AvgIpc) is 2.88. The highest BCUT2D eigenvalue weighted by Gasteiger charge is 2.34. The summed E-state index contributed by atoms with van der Waals surface area (Å²) < 4.78 is 0. The van der Waals surface area contributed by atoms with Gasteiger partial charge in [0.25, 0.3) is 11.1 Å². The maximum atomic E-state index is 12.4. The quantitative estimate of drug-likeness (QED) is 0.631. The SMILES string of the molecule is CSc1ccc(C=C2SC(=O)N(CNc3ccccc3)C2=O)cc1. The van der Waals surface area contributed by atoms with E-state index in [-0.39, 0.29) is 17.8 Å². The fraction of sp³-hybridized carbons (Fsp3) is 0.111. The molecule has 0 bridgehead atoms. The van der Waals surface area contributed by atoms with Gasteiger partial charge in [0.1, 0.15) is 0 Å². The number of carbonyl (C=O) groups excluding carboxylic acids is 2. The van der Waals surface area contributed by atoms with Crippen LogP contribution >= 0.6 is 23.5 Å².